The molecular formula is C4H11BrSiZn. The molecule has 0 aromatic rings. The van der Waals surface area contributed by atoms with Gasteiger partial charge in [-0.2, -0.15) is 0 Å². The van der Waals surface area contributed by atoms with Crippen molar-refractivity contribution in [1.82, 2.24) is 0 Å². The van der Waals surface area contributed by atoms with Crippen LogP contribution in [0.2, 0.25) is 24.3 Å². The first kappa shape index (κ1) is 11.2. The van der Waals surface area contributed by atoms with Gasteiger partial charge in [0, 0.05) is 0 Å². The third-order valence-corrected chi connectivity index (χ3v) is 11.7. The summed E-state index contributed by atoms with van der Waals surface area (Å²) in [6, 6.07) is 0. The van der Waals surface area contributed by atoms with Gasteiger partial charge in [0.25, 0.3) is 0 Å². The predicted molar refractivity (Wildman–Crippen MR) is 28.2 cm³/mol. The van der Waals surface area contributed by atoms with Gasteiger partial charge in [0.2, 0.25) is 0 Å². The summed E-state index contributed by atoms with van der Waals surface area (Å²) in [6.07, 6.45) is 0. The third kappa shape index (κ3) is 11.1. The van der Waals surface area contributed by atoms with E-state index in [-0.39, 0.29) is 17.0 Å². The number of halogens is 1. The largest absolute Gasteiger partial charge is 1.00 e. The summed E-state index contributed by atoms with van der Waals surface area (Å²) in [4.78, 5) is 0. The van der Waals surface area contributed by atoms with E-state index in [9.17, 15) is 0 Å². The van der Waals surface area contributed by atoms with Crippen molar-refractivity contribution >= 4 is 8.07 Å². The van der Waals surface area contributed by atoms with Crippen molar-refractivity contribution in [2.24, 2.45) is 0 Å². The smallest absolute Gasteiger partial charge is 1.00 e. The van der Waals surface area contributed by atoms with E-state index >= 15 is 0 Å². The first-order valence-electron chi connectivity index (χ1n) is 2.35. The Morgan fingerprint density at radius 2 is 1.43 bits per heavy atom. The molecule has 0 amide bonds. The molecular weight excluding hydrogens is 221 g/mol. The van der Waals surface area contributed by atoms with Gasteiger partial charge in [-0.3, -0.25) is 0 Å². The molecule has 40 valence electrons. The molecule has 0 nitrogen and oxygen atoms in total. The minimum atomic E-state index is -0.576. The molecule has 3 heteroatoms. The molecule has 0 aliphatic heterocycles. The molecule has 0 atom stereocenters. The molecule has 0 aromatic carbocycles. The summed E-state index contributed by atoms with van der Waals surface area (Å²) >= 11 is 1.50. The van der Waals surface area contributed by atoms with Gasteiger partial charge < -0.3 is 17.0 Å². The Bertz CT molecular complexity index is 41.4. The molecule has 0 saturated carbocycles. The zero-order valence-corrected chi connectivity index (χ0v) is 10.8. The van der Waals surface area contributed by atoms with Crippen molar-refractivity contribution < 1.29 is 35.3 Å². The van der Waals surface area contributed by atoms with Crippen molar-refractivity contribution in [3.63, 3.8) is 0 Å². The van der Waals surface area contributed by atoms with Crippen LogP contribution in [0.1, 0.15) is 0 Å². The van der Waals surface area contributed by atoms with E-state index in [1.54, 1.807) is 0 Å². The maximum atomic E-state index is 2.41. The van der Waals surface area contributed by atoms with Crippen LogP contribution in [0.25, 0.3) is 0 Å². The van der Waals surface area contributed by atoms with E-state index in [2.05, 4.69) is 19.6 Å². The minimum absolute atomic E-state index is 0. The minimum Gasteiger partial charge on any atom is -1.00 e. The first-order chi connectivity index (χ1) is 2.56. The van der Waals surface area contributed by atoms with Gasteiger partial charge in [0.05, 0.1) is 0 Å². The second-order valence-corrected chi connectivity index (χ2v) is 11.6. The SMILES string of the molecule is C[Si](C)(C)[CH2][Zn+].[Br-]. The van der Waals surface area contributed by atoms with Gasteiger partial charge in [-0.05, 0) is 0 Å². The van der Waals surface area contributed by atoms with Crippen LogP contribution < -0.4 is 17.0 Å². The van der Waals surface area contributed by atoms with E-state index < -0.39 is 8.07 Å². The van der Waals surface area contributed by atoms with Gasteiger partial charge in [0.1, 0.15) is 0 Å². The number of hydrogen-bond acceptors (Lipinski definition) is 0. The van der Waals surface area contributed by atoms with Crippen LogP contribution in [-0.2, 0) is 18.3 Å². The average Bonchev–Trinajstić information content (AvgIpc) is 1.35. The molecule has 0 heterocycles. The van der Waals surface area contributed by atoms with Gasteiger partial charge in [-0.1, -0.05) is 0 Å². The Labute approximate surface area is 67.5 Å². The van der Waals surface area contributed by atoms with Crippen molar-refractivity contribution in [3.8, 4) is 0 Å². The average molecular weight is 233 g/mol. The molecule has 0 bridgehead atoms. The van der Waals surface area contributed by atoms with Crippen LogP contribution in [-0.4, -0.2) is 8.07 Å². The van der Waals surface area contributed by atoms with Crippen LogP contribution in [0.3, 0.4) is 0 Å². The summed E-state index contributed by atoms with van der Waals surface area (Å²) in [5.41, 5.74) is 0. The van der Waals surface area contributed by atoms with Crippen LogP contribution in [0.15, 0.2) is 0 Å². The maximum absolute atomic E-state index is 2.41. The van der Waals surface area contributed by atoms with Crippen molar-refractivity contribution in [3.05, 3.63) is 0 Å². The van der Waals surface area contributed by atoms with Crippen molar-refractivity contribution in [1.29, 1.82) is 0 Å². The molecule has 0 saturated heterocycles. The number of rotatable bonds is 1. The topological polar surface area (TPSA) is 0 Å². The van der Waals surface area contributed by atoms with E-state index in [1.807, 2.05) is 0 Å². The Morgan fingerprint density at radius 1 is 1.29 bits per heavy atom. The molecule has 0 radical (unpaired) electrons. The van der Waals surface area contributed by atoms with Crippen molar-refractivity contribution in [2.75, 3.05) is 0 Å². The quantitative estimate of drug-likeness (QED) is 0.500. The molecule has 0 spiro atoms. The van der Waals surface area contributed by atoms with Crippen LogP contribution in [0.5, 0.6) is 0 Å². The fraction of sp³-hybridized carbons (Fsp3) is 1.00. The van der Waals surface area contributed by atoms with Gasteiger partial charge >= 0.3 is 50.7 Å². The second-order valence-electron chi connectivity index (χ2n) is 2.81. The summed E-state index contributed by atoms with van der Waals surface area (Å²) in [6.45, 7) is 7.24. The molecule has 0 rings (SSSR count). The molecule has 0 aromatic heterocycles. The Kier molecular flexibility index (Phi) is 6.74. The van der Waals surface area contributed by atoms with Crippen molar-refractivity contribution in [2.45, 2.75) is 24.3 Å². The summed E-state index contributed by atoms with van der Waals surface area (Å²) in [5.74, 6) is 0. The monoisotopic (exact) mass is 230 g/mol. The standard InChI is InChI=1S/C4H11Si.BrH.Zn/c1-5(2,3)4;;/h1H2,2-4H3;1H;/q;;+1/p-1. The molecule has 0 aliphatic rings. The fourth-order valence-corrected chi connectivity index (χ4v) is 0. The summed E-state index contributed by atoms with van der Waals surface area (Å²) in [5, 5.41) is 0. The molecule has 0 unspecified atom stereocenters. The molecule has 7 heavy (non-hydrogen) atoms. The zero-order valence-electron chi connectivity index (χ0n) is 5.29. The zero-order chi connectivity index (χ0) is 5.21. The normalized spacial score (nSPS) is 10.4. The Hall–Kier alpha value is 1.32. The summed E-state index contributed by atoms with van der Waals surface area (Å²) < 4.78 is 1.53. The maximum Gasteiger partial charge on any atom is -1.00 e. The van der Waals surface area contributed by atoms with E-state index in [1.165, 1.54) is 22.9 Å². The van der Waals surface area contributed by atoms with Gasteiger partial charge in [-0.25, -0.2) is 0 Å². The molecule has 0 aliphatic carbocycles. The van der Waals surface area contributed by atoms with E-state index in [0.717, 1.165) is 0 Å². The van der Waals surface area contributed by atoms with E-state index in [0.29, 0.717) is 0 Å². The van der Waals surface area contributed by atoms with E-state index in [4.69, 9.17) is 0 Å². The Balaban J connectivity index is 0. The van der Waals surface area contributed by atoms with Crippen LogP contribution >= 0.6 is 0 Å². The first-order valence-corrected chi connectivity index (χ1v) is 8.16. The third-order valence-electron chi connectivity index (χ3n) is 0.750. The fourth-order valence-electron chi connectivity index (χ4n) is 0. The van der Waals surface area contributed by atoms with Crippen LogP contribution in [0, 0.1) is 0 Å². The summed E-state index contributed by atoms with van der Waals surface area (Å²) in [7, 11) is -0.576. The Morgan fingerprint density at radius 3 is 1.43 bits per heavy atom. The van der Waals surface area contributed by atoms with Gasteiger partial charge in [-0.15, -0.1) is 0 Å². The van der Waals surface area contributed by atoms with Crippen LogP contribution in [0.4, 0.5) is 0 Å². The molecule has 0 fully saturated rings. The predicted octanol–water partition coefficient (Wildman–Crippen LogP) is -1.17. The number of hydrogen-bond donors (Lipinski definition) is 0. The second kappa shape index (κ2) is 4.22. The van der Waals surface area contributed by atoms with Gasteiger partial charge in [0.15, 0.2) is 0 Å². The molecule has 0 N–H and O–H groups in total.